The second-order valence-electron chi connectivity index (χ2n) is 8.75. The van der Waals surface area contributed by atoms with Gasteiger partial charge in [0.05, 0.1) is 0 Å². The molecule has 0 heterocycles. The highest BCUT2D eigenvalue weighted by Gasteiger charge is 2.24. The summed E-state index contributed by atoms with van der Waals surface area (Å²) in [6.45, 7) is 20.7. The quantitative estimate of drug-likeness (QED) is 0.534. The van der Waals surface area contributed by atoms with Gasteiger partial charge in [0.25, 0.3) is 0 Å². The monoisotopic (exact) mass is 314 g/mol. The second kappa shape index (κ2) is 5.34. The summed E-state index contributed by atoms with van der Waals surface area (Å²) in [5.41, 5.74) is 7.55. The van der Waals surface area contributed by atoms with E-state index in [1.165, 1.54) is 43.9 Å². The molecule has 0 spiro atoms. The SMILES string of the molecule is Cc1cc(C(C)(C)C)c(C)c2c(C)c(C(C)(C)C)cc(P)c12. The Morgan fingerprint density at radius 2 is 1.09 bits per heavy atom. The fourth-order valence-corrected chi connectivity index (χ4v) is 4.32. The van der Waals surface area contributed by atoms with Crippen molar-refractivity contribution in [3.8, 4) is 0 Å². The molecule has 2 aromatic carbocycles. The highest BCUT2D eigenvalue weighted by atomic mass is 31.0. The molecular formula is C21H31P. The van der Waals surface area contributed by atoms with Gasteiger partial charge in [-0.1, -0.05) is 53.7 Å². The topological polar surface area (TPSA) is 0 Å². The van der Waals surface area contributed by atoms with Crippen molar-refractivity contribution in [2.75, 3.05) is 0 Å². The molecule has 2 aromatic rings. The van der Waals surface area contributed by atoms with E-state index < -0.39 is 0 Å². The van der Waals surface area contributed by atoms with E-state index in [1.54, 1.807) is 0 Å². The third-order valence-electron chi connectivity index (χ3n) is 4.77. The van der Waals surface area contributed by atoms with Crippen molar-refractivity contribution in [1.82, 2.24) is 0 Å². The molecule has 0 aliphatic heterocycles. The van der Waals surface area contributed by atoms with Gasteiger partial charge in [0.1, 0.15) is 0 Å². The normalized spacial score (nSPS) is 13.0. The first-order valence-corrected chi connectivity index (χ1v) is 8.77. The number of hydrogen-bond acceptors (Lipinski definition) is 0. The molecule has 0 fully saturated rings. The summed E-state index contributed by atoms with van der Waals surface area (Å²) in [7, 11) is 2.96. The van der Waals surface area contributed by atoms with Crippen LogP contribution in [0.3, 0.4) is 0 Å². The van der Waals surface area contributed by atoms with Crippen LogP contribution in [-0.2, 0) is 10.8 Å². The standard InChI is InChI=1S/C21H31P/c1-12-10-15(20(4,5)6)13(2)19-14(3)16(21(7,8)9)11-17(22)18(12)19/h10-11H,22H2,1-9H3. The van der Waals surface area contributed by atoms with Crippen LogP contribution < -0.4 is 5.30 Å². The van der Waals surface area contributed by atoms with Crippen molar-refractivity contribution in [3.63, 3.8) is 0 Å². The van der Waals surface area contributed by atoms with Crippen LogP contribution in [-0.4, -0.2) is 0 Å². The first-order chi connectivity index (χ1) is 9.85. The van der Waals surface area contributed by atoms with Gasteiger partial charge in [-0.3, -0.25) is 0 Å². The van der Waals surface area contributed by atoms with Gasteiger partial charge in [-0.25, -0.2) is 0 Å². The molecular weight excluding hydrogens is 283 g/mol. The minimum absolute atomic E-state index is 0.168. The summed E-state index contributed by atoms with van der Waals surface area (Å²) < 4.78 is 0. The first kappa shape index (κ1) is 17.5. The van der Waals surface area contributed by atoms with E-state index in [1.807, 2.05) is 0 Å². The minimum atomic E-state index is 0.168. The average molecular weight is 314 g/mol. The Bertz CT molecular complexity index is 677. The minimum Gasteiger partial charge on any atom is -0.105 e. The maximum absolute atomic E-state index is 2.96. The van der Waals surface area contributed by atoms with E-state index in [9.17, 15) is 0 Å². The molecule has 0 amide bonds. The van der Waals surface area contributed by atoms with Gasteiger partial charge in [0.2, 0.25) is 0 Å². The Balaban J connectivity index is 3.05. The number of fused-ring (bicyclic) bond motifs is 1. The molecule has 1 heteroatoms. The molecule has 0 aliphatic rings. The van der Waals surface area contributed by atoms with Crippen LogP contribution >= 0.6 is 9.24 Å². The molecule has 1 unspecified atom stereocenters. The summed E-state index contributed by atoms with van der Waals surface area (Å²) in [4.78, 5) is 0. The summed E-state index contributed by atoms with van der Waals surface area (Å²) in [5.74, 6) is 0. The molecule has 22 heavy (non-hydrogen) atoms. The van der Waals surface area contributed by atoms with Gasteiger partial charge in [0.15, 0.2) is 0 Å². The van der Waals surface area contributed by atoms with E-state index in [0.29, 0.717) is 0 Å². The molecule has 0 aliphatic carbocycles. The number of hydrogen-bond donors (Lipinski definition) is 0. The molecule has 0 saturated carbocycles. The van der Waals surface area contributed by atoms with Crippen molar-refractivity contribution >= 4 is 25.3 Å². The summed E-state index contributed by atoms with van der Waals surface area (Å²) in [5, 5.41) is 4.20. The second-order valence-corrected chi connectivity index (χ2v) is 9.38. The number of benzene rings is 2. The molecule has 120 valence electrons. The highest BCUT2D eigenvalue weighted by molar-refractivity contribution is 7.28. The van der Waals surface area contributed by atoms with Crippen molar-refractivity contribution < 1.29 is 0 Å². The van der Waals surface area contributed by atoms with Gasteiger partial charge in [-0.15, -0.1) is 9.24 Å². The summed E-state index contributed by atoms with van der Waals surface area (Å²) >= 11 is 0. The third kappa shape index (κ3) is 2.83. The smallest absolute Gasteiger partial charge is 0.00772 e. The summed E-state index contributed by atoms with van der Waals surface area (Å²) in [6.07, 6.45) is 0. The zero-order valence-electron chi connectivity index (χ0n) is 15.7. The van der Waals surface area contributed by atoms with E-state index >= 15 is 0 Å². The summed E-state index contributed by atoms with van der Waals surface area (Å²) in [6, 6.07) is 4.76. The lowest BCUT2D eigenvalue weighted by Crippen LogP contribution is -2.19. The number of aryl methyl sites for hydroxylation is 3. The van der Waals surface area contributed by atoms with E-state index in [0.717, 1.165) is 0 Å². The molecule has 2 rings (SSSR count). The average Bonchev–Trinajstić information content (AvgIpc) is 2.33. The Kier molecular flexibility index (Phi) is 4.25. The van der Waals surface area contributed by atoms with Crippen molar-refractivity contribution in [2.45, 2.75) is 73.1 Å². The maximum atomic E-state index is 2.96. The Morgan fingerprint density at radius 3 is 1.50 bits per heavy atom. The lowest BCUT2D eigenvalue weighted by atomic mass is 9.77. The molecule has 0 N–H and O–H groups in total. The fraction of sp³-hybridized carbons (Fsp3) is 0.524. The van der Waals surface area contributed by atoms with Gasteiger partial charge >= 0.3 is 0 Å². The van der Waals surface area contributed by atoms with Gasteiger partial charge in [0, 0.05) is 0 Å². The van der Waals surface area contributed by atoms with Crippen LogP contribution in [0.15, 0.2) is 12.1 Å². The van der Waals surface area contributed by atoms with Crippen LogP contribution in [0.5, 0.6) is 0 Å². The van der Waals surface area contributed by atoms with E-state index in [4.69, 9.17) is 0 Å². The number of rotatable bonds is 0. The fourth-order valence-electron chi connectivity index (χ4n) is 3.79. The van der Waals surface area contributed by atoms with Crippen LogP contribution in [0.2, 0.25) is 0 Å². The molecule has 0 radical (unpaired) electrons. The molecule has 0 aromatic heterocycles. The third-order valence-corrected chi connectivity index (χ3v) is 5.22. The molecule has 0 bridgehead atoms. The van der Waals surface area contributed by atoms with Crippen molar-refractivity contribution in [3.05, 3.63) is 39.9 Å². The molecule has 0 saturated heterocycles. The van der Waals surface area contributed by atoms with Crippen LogP contribution in [0, 0.1) is 20.8 Å². The van der Waals surface area contributed by atoms with Gasteiger partial charge < -0.3 is 0 Å². The maximum Gasteiger partial charge on any atom is -0.00772 e. The van der Waals surface area contributed by atoms with Crippen molar-refractivity contribution in [2.24, 2.45) is 0 Å². The lowest BCUT2D eigenvalue weighted by molar-refractivity contribution is 0.585. The predicted octanol–water partition coefficient (Wildman–Crippen LogP) is 5.86. The first-order valence-electron chi connectivity index (χ1n) is 8.19. The van der Waals surface area contributed by atoms with Gasteiger partial charge in [-0.05, 0) is 75.5 Å². The van der Waals surface area contributed by atoms with E-state index in [-0.39, 0.29) is 10.8 Å². The van der Waals surface area contributed by atoms with Crippen LogP contribution in [0.1, 0.15) is 69.4 Å². The van der Waals surface area contributed by atoms with E-state index in [2.05, 4.69) is 83.7 Å². The molecule has 0 nitrogen and oxygen atoms in total. The Morgan fingerprint density at radius 1 is 0.682 bits per heavy atom. The van der Waals surface area contributed by atoms with Crippen LogP contribution in [0.25, 0.3) is 10.8 Å². The molecule has 1 atom stereocenters. The highest BCUT2D eigenvalue weighted by Crippen LogP contribution is 2.38. The zero-order valence-corrected chi connectivity index (χ0v) is 16.9. The Labute approximate surface area is 138 Å². The van der Waals surface area contributed by atoms with Crippen LogP contribution in [0.4, 0.5) is 0 Å². The largest absolute Gasteiger partial charge is 0.105 e. The lowest BCUT2D eigenvalue weighted by Gasteiger charge is -2.29. The predicted molar refractivity (Wildman–Crippen MR) is 105 cm³/mol. The van der Waals surface area contributed by atoms with Crippen molar-refractivity contribution in [1.29, 1.82) is 0 Å². The van der Waals surface area contributed by atoms with Gasteiger partial charge in [-0.2, -0.15) is 0 Å². The Hall–Kier alpha value is -0.870. The zero-order chi connectivity index (χ0) is 17.0.